The summed E-state index contributed by atoms with van der Waals surface area (Å²) in [4.78, 5) is 14.0. The fourth-order valence-electron chi connectivity index (χ4n) is 2.09. The van der Waals surface area contributed by atoms with Crippen LogP contribution in [0.4, 0.5) is 0 Å². The van der Waals surface area contributed by atoms with Crippen LogP contribution in [0.5, 0.6) is 11.5 Å². The fourth-order valence-corrected chi connectivity index (χ4v) is 2.09. The number of aryl methyl sites for hydroxylation is 1. The molecular weight excluding hydrogens is 278 g/mol. The summed E-state index contributed by atoms with van der Waals surface area (Å²) < 4.78 is 10.9. The quantitative estimate of drug-likeness (QED) is 0.822. The average molecular weight is 299 g/mol. The van der Waals surface area contributed by atoms with Crippen LogP contribution in [-0.2, 0) is 0 Å². The second-order valence-corrected chi connectivity index (χ2v) is 5.07. The van der Waals surface area contributed by atoms with Gasteiger partial charge in [-0.3, -0.25) is 4.79 Å². The van der Waals surface area contributed by atoms with Gasteiger partial charge < -0.3 is 14.4 Å². The number of hydrogen-bond donors (Lipinski definition) is 0. The maximum atomic E-state index is 12.3. The predicted molar refractivity (Wildman–Crippen MR) is 86.6 cm³/mol. The highest BCUT2D eigenvalue weighted by Gasteiger charge is 2.12. The lowest BCUT2D eigenvalue weighted by atomic mass is 10.2. The molecule has 0 saturated carbocycles. The van der Waals surface area contributed by atoms with Crippen LogP contribution in [0.1, 0.15) is 15.9 Å². The molecule has 0 N–H and O–H groups in total. The molecule has 0 heterocycles. The molecule has 0 unspecified atom stereocenters. The Balaban J connectivity index is 1.90. The smallest absolute Gasteiger partial charge is 0.253 e. The van der Waals surface area contributed by atoms with Crippen molar-refractivity contribution >= 4 is 5.91 Å². The van der Waals surface area contributed by atoms with E-state index in [9.17, 15) is 4.79 Å². The standard InChI is InChI=1S/C18H21NO3/c1-14-7-4-5-10-17(14)22-12-11-19(2)18(20)15-8-6-9-16(13-15)21-3/h4-10,13H,11-12H2,1-3H3. The van der Waals surface area contributed by atoms with Crippen molar-refractivity contribution < 1.29 is 14.3 Å². The Bertz CT molecular complexity index is 640. The molecule has 4 heteroatoms. The van der Waals surface area contributed by atoms with E-state index in [1.165, 1.54) is 0 Å². The van der Waals surface area contributed by atoms with E-state index < -0.39 is 0 Å². The van der Waals surface area contributed by atoms with Gasteiger partial charge in [0.05, 0.1) is 13.7 Å². The van der Waals surface area contributed by atoms with Gasteiger partial charge in [0, 0.05) is 12.6 Å². The largest absolute Gasteiger partial charge is 0.497 e. The number of methoxy groups -OCH3 is 1. The van der Waals surface area contributed by atoms with Gasteiger partial charge in [0.15, 0.2) is 0 Å². The van der Waals surface area contributed by atoms with Crippen molar-refractivity contribution in [2.75, 3.05) is 27.3 Å². The van der Waals surface area contributed by atoms with Crippen molar-refractivity contribution in [3.8, 4) is 11.5 Å². The van der Waals surface area contributed by atoms with E-state index in [1.54, 1.807) is 31.2 Å². The minimum absolute atomic E-state index is 0.0488. The molecule has 0 fully saturated rings. The van der Waals surface area contributed by atoms with Gasteiger partial charge in [0.25, 0.3) is 5.91 Å². The second-order valence-electron chi connectivity index (χ2n) is 5.07. The highest BCUT2D eigenvalue weighted by atomic mass is 16.5. The Morgan fingerprint density at radius 3 is 2.64 bits per heavy atom. The van der Waals surface area contributed by atoms with E-state index in [0.29, 0.717) is 24.5 Å². The van der Waals surface area contributed by atoms with Crippen molar-refractivity contribution in [3.63, 3.8) is 0 Å². The van der Waals surface area contributed by atoms with Crippen molar-refractivity contribution in [1.82, 2.24) is 4.90 Å². The Morgan fingerprint density at radius 1 is 1.14 bits per heavy atom. The highest BCUT2D eigenvalue weighted by Crippen LogP contribution is 2.16. The lowest BCUT2D eigenvalue weighted by Crippen LogP contribution is -2.30. The van der Waals surface area contributed by atoms with E-state index >= 15 is 0 Å². The molecule has 2 aromatic carbocycles. The van der Waals surface area contributed by atoms with E-state index in [4.69, 9.17) is 9.47 Å². The number of hydrogen-bond acceptors (Lipinski definition) is 3. The van der Waals surface area contributed by atoms with Crippen LogP contribution >= 0.6 is 0 Å². The molecule has 0 radical (unpaired) electrons. The first-order valence-corrected chi connectivity index (χ1v) is 7.20. The van der Waals surface area contributed by atoms with Crippen molar-refractivity contribution in [3.05, 3.63) is 59.7 Å². The average Bonchev–Trinajstić information content (AvgIpc) is 2.55. The van der Waals surface area contributed by atoms with Crippen LogP contribution < -0.4 is 9.47 Å². The van der Waals surface area contributed by atoms with Crippen LogP contribution in [-0.4, -0.2) is 38.1 Å². The third-order valence-corrected chi connectivity index (χ3v) is 3.44. The Hall–Kier alpha value is -2.49. The minimum atomic E-state index is -0.0488. The predicted octanol–water partition coefficient (Wildman–Crippen LogP) is 3.15. The third-order valence-electron chi connectivity index (χ3n) is 3.44. The van der Waals surface area contributed by atoms with Gasteiger partial charge in [-0.15, -0.1) is 0 Å². The van der Waals surface area contributed by atoms with Crippen molar-refractivity contribution in [2.45, 2.75) is 6.92 Å². The van der Waals surface area contributed by atoms with E-state index in [2.05, 4.69) is 0 Å². The molecule has 0 aliphatic rings. The van der Waals surface area contributed by atoms with Gasteiger partial charge in [-0.05, 0) is 36.8 Å². The number of amides is 1. The van der Waals surface area contributed by atoms with Crippen molar-refractivity contribution in [1.29, 1.82) is 0 Å². The van der Waals surface area contributed by atoms with Gasteiger partial charge in [0.2, 0.25) is 0 Å². The summed E-state index contributed by atoms with van der Waals surface area (Å²) in [5, 5.41) is 0. The summed E-state index contributed by atoms with van der Waals surface area (Å²) in [5.74, 6) is 1.48. The molecule has 2 rings (SSSR count). The monoisotopic (exact) mass is 299 g/mol. The summed E-state index contributed by atoms with van der Waals surface area (Å²) >= 11 is 0. The molecule has 22 heavy (non-hydrogen) atoms. The number of nitrogens with zero attached hydrogens (tertiary/aromatic N) is 1. The van der Waals surface area contributed by atoms with E-state index in [1.807, 2.05) is 43.3 Å². The molecule has 2 aromatic rings. The summed E-state index contributed by atoms with van der Waals surface area (Å²) in [5.41, 5.74) is 1.70. The number of rotatable bonds is 6. The van der Waals surface area contributed by atoms with Crippen LogP contribution in [0.25, 0.3) is 0 Å². The number of likely N-dealkylation sites (N-methyl/N-ethyl adjacent to an activating group) is 1. The topological polar surface area (TPSA) is 38.8 Å². The molecule has 0 spiro atoms. The molecule has 0 aliphatic heterocycles. The number of para-hydroxylation sites is 1. The SMILES string of the molecule is COc1cccc(C(=O)N(C)CCOc2ccccc2C)c1. The lowest BCUT2D eigenvalue weighted by molar-refractivity contribution is 0.0773. The Kier molecular flexibility index (Phi) is 5.42. The molecule has 0 bridgehead atoms. The van der Waals surface area contributed by atoms with Gasteiger partial charge in [0.1, 0.15) is 18.1 Å². The molecule has 0 aromatic heterocycles. The maximum absolute atomic E-state index is 12.3. The number of ether oxygens (including phenoxy) is 2. The normalized spacial score (nSPS) is 10.1. The Morgan fingerprint density at radius 2 is 1.91 bits per heavy atom. The Labute approximate surface area is 131 Å². The third kappa shape index (κ3) is 4.01. The molecular formula is C18H21NO3. The van der Waals surface area contributed by atoms with Gasteiger partial charge in [-0.1, -0.05) is 24.3 Å². The molecule has 0 atom stereocenters. The fraction of sp³-hybridized carbons (Fsp3) is 0.278. The first-order chi connectivity index (χ1) is 10.6. The zero-order valence-corrected chi connectivity index (χ0v) is 13.2. The summed E-state index contributed by atoms with van der Waals surface area (Å²) in [6.07, 6.45) is 0. The van der Waals surface area contributed by atoms with Gasteiger partial charge >= 0.3 is 0 Å². The first-order valence-electron chi connectivity index (χ1n) is 7.20. The van der Waals surface area contributed by atoms with Crippen molar-refractivity contribution in [2.24, 2.45) is 0 Å². The lowest BCUT2D eigenvalue weighted by Gasteiger charge is -2.18. The first kappa shape index (κ1) is 15.9. The van der Waals surface area contributed by atoms with E-state index in [-0.39, 0.29) is 5.91 Å². The minimum Gasteiger partial charge on any atom is -0.497 e. The van der Waals surface area contributed by atoms with Crippen LogP contribution in [0, 0.1) is 6.92 Å². The molecule has 1 amide bonds. The summed E-state index contributed by atoms with van der Waals surface area (Å²) in [7, 11) is 3.35. The number of carbonyl (C=O) groups is 1. The van der Waals surface area contributed by atoms with Gasteiger partial charge in [-0.2, -0.15) is 0 Å². The second kappa shape index (κ2) is 7.50. The maximum Gasteiger partial charge on any atom is 0.253 e. The summed E-state index contributed by atoms with van der Waals surface area (Å²) in [6.45, 7) is 2.97. The van der Waals surface area contributed by atoms with E-state index in [0.717, 1.165) is 11.3 Å². The summed E-state index contributed by atoms with van der Waals surface area (Å²) in [6, 6.07) is 15.0. The molecule has 0 saturated heterocycles. The molecule has 0 aliphatic carbocycles. The van der Waals surface area contributed by atoms with Crippen LogP contribution in [0.2, 0.25) is 0 Å². The zero-order valence-electron chi connectivity index (χ0n) is 13.2. The number of carbonyl (C=O) groups excluding carboxylic acids is 1. The van der Waals surface area contributed by atoms with Crippen LogP contribution in [0.15, 0.2) is 48.5 Å². The molecule has 4 nitrogen and oxygen atoms in total. The molecule has 116 valence electrons. The van der Waals surface area contributed by atoms with Crippen LogP contribution in [0.3, 0.4) is 0 Å². The van der Waals surface area contributed by atoms with Gasteiger partial charge in [-0.25, -0.2) is 0 Å². The zero-order chi connectivity index (χ0) is 15.9. The number of benzene rings is 2. The highest BCUT2D eigenvalue weighted by molar-refractivity contribution is 5.94.